The van der Waals surface area contributed by atoms with E-state index in [1.165, 1.54) is 5.56 Å². The molecule has 1 aliphatic rings. The van der Waals surface area contributed by atoms with Crippen molar-refractivity contribution in [3.63, 3.8) is 0 Å². The molecule has 0 heterocycles. The van der Waals surface area contributed by atoms with Gasteiger partial charge in [-0.1, -0.05) is 36.9 Å². The van der Waals surface area contributed by atoms with Crippen LogP contribution in [0.3, 0.4) is 0 Å². The molecule has 1 heteroatoms. The van der Waals surface area contributed by atoms with E-state index < -0.39 is 0 Å². The van der Waals surface area contributed by atoms with E-state index in [2.05, 4.69) is 30.8 Å². The van der Waals surface area contributed by atoms with Crippen LogP contribution >= 0.6 is 0 Å². The van der Waals surface area contributed by atoms with E-state index >= 15 is 0 Å². The SMILES string of the molecule is C=Cc1ccc(C2CCCC(=O)C2)cc1. The first-order valence-electron chi connectivity index (χ1n) is 5.53. The van der Waals surface area contributed by atoms with E-state index in [9.17, 15) is 4.79 Å². The predicted molar refractivity (Wildman–Crippen MR) is 62.7 cm³/mol. The number of rotatable bonds is 2. The standard InChI is InChI=1S/C14H16O/c1-2-11-6-8-12(9-7-11)13-4-3-5-14(15)10-13/h2,6-9,13H,1,3-5,10H2. The van der Waals surface area contributed by atoms with Crippen LogP contribution in [0.25, 0.3) is 6.08 Å². The zero-order valence-electron chi connectivity index (χ0n) is 8.91. The van der Waals surface area contributed by atoms with Crippen LogP contribution in [0, 0.1) is 0 Å². The number of hydrogen-bond donors (Lipinski definition) is 0. The molecule has 1 aromatic carbocycles. The second-order valence-electron chi connectivity index (χ2n) is 4.20. The van der Waals surface area contributed by atoms with Gasteiger partial charge in [0.1, 0.15) is 5.78 Å². The first-order chi connectivity index (χ1) is 7.29. The maximum atomic E-state index is 11.4. The molecule has 0 saturated heterocycles. The average molecular weight is 200 g/mol. The Morgan fingerprint density at radius 3 is 2.60 bits per heavy atom. The maximum Gasteiger partial charge on any atom is 0.133 e. The van der Waals surface area contributed by atoms with Gasteiger partial charge in [-0.05, 0) is 29.9 Å². The summed E-state index contributed by atoms with van der Waals surface area (Å²) in [7, 11) is 0. The molecule has 1 saturated carbocycles. The van der Waals surface area contributed by atoms with Crippen LogP contribution in [-0.2, 0) is 4.79 Å². The Morgan fingerprint density at radius 1 is 1.27 bits per heavy atom. The lowest BCUT2D eigenvalue weighted by Crippen LogP contribution is -2.13. The number of benzene rings is 1. The van der Waals surface area contributed by atoms with E-state index in [0.29, 0.717) is 11.7 Å². The molecule has 15 heavy (non-hydrogen) atoms. The fourth-order valence-corrected chi connectivity index (χ4v) is 2.21. The van der Waals surface area contributed by atoms with Gasteiger partial charge in [-0.3, -0.25) is 4.79 Å². The van der Waals surface area contributed by atoms with Crippen LogP contribution in [0.1, 0.15) is 42.7 Å². The van der Waals surface area contributed by atoms with E-state index in [-0.39, 0.29) is 0 Å². The maximum absolute atomic E-state index is 11.4. The summed E-state index contributed by atoms with van der Waals surface area (Å²) in [5, 5.41) is 0. The molecule has 0 aliphatic heterocycles. The molecule has 1 nitrogen and oxygen atoms in total. The van der Waals surface area contributed by atoms with E-state index in [1.807, 2.05) is 6.08 Å². The minimum atomic E-state index is 0.416. The molecule has 1 atom stereocenters. The van der Waals surface area contributed by atoms with Crippen molar-refractivity contribution in [2.24, 2.45) is 0 Å². The third-order valence-corrected chi connectivity index (χ3v) is 3.13. The van der Waals surface area contributed by atoms with Crippen molar-refractivity contribution in [1.82, 2.24) is 0 Å². The Labute approximate surface area is 90.8 Å². The zero-order chi connectivity index (χ0) is 10.7. The van der Waals surface area contributed by atoms with Crippen molar-refractivity contribution in [3.8, 4) is 0 Å². The highest BCUT2D eigenvalue weighted by Gasteiger charge is 2.20. The summed E-state index contributed by atoms with van der Waals surface area (Å²) in [6.45, 7) is 3.73. The van der Waals surface area contributed by atoms with Gasteiger partial charge in [-0.25, -0.2) is 0 Å². The van der Waals surface area contributed by atoms with Crippen LogP contribution in [0.5, 0.6) is 0 Å². The topological polar surface area (TPSA) is 17.1 Å². The largest absolute Gasteiger partial charge is 0.300 e. The van der Waals surface area contributed by atoms with Crippen molar-refractivity contribution in [3.05, 3.63) is 42.0 Å². The molecule has 0 bridgehead atoms. The second kappa shape index (κ2) is 4.43. The summed E-state index contributed by atoms with van der Waals surface area (Å²) in [5.74, 6) is 0.865. The number of carbonyl (C=O) groups excluding carboxylic acids is 1. The van der Waals surface area contributed by atoms with Gasteiger partial charge in [0.15, 0.2) is 0 Å². The third kappa shape index (κ3) is 2.35. The minimum Gasteiger partial charge on any atom is -0.300 e. The van der Waals surface area contributed by atoms with Crippen molar-refractivity contribution < 1.29 is 4.79 Å². The monoisotopic (exact) mass is 200 g/mol. The minimum absolute atomic E-state index is 0.416. The van der Waals surface area contributed by atoms with Crippen LogP contribution in [0.4, 0.5) is 0 Å². The summed E-state index contributed by atoms with van der Waals surface area (Å²) < 4.78 is 0. The first kappa shape index (κ1) is 10.2. The highest BCUT2D eigenvalue weighted by atomic mass is 16.1. The predicted octanol–water partition coefficient (Wildman–Crippen LogP) is 3.56. The fourth-order valence-electron chi connectivity index (χ4n) is 2.21. The van der Waals surface area contributed by atoms with Crippen molar-refractivity contribution in [2.45, 2.75) is 31.6 Å². The van der Waals surface area contributed by atoms with Gasteiger partial charge >= 0.3 is 0 Å². The van der Waals surface area contributed by atoms with Crippen molar-refractivity contribution in [1.29, 1.82) is 0 Å². The van der Waals surface area contributed by atoms with E-state index in [1.54, 1.807) is 0 Å². The summed E-state index contributed by atoms with van der Waals surface area (Å²) in [6.07, 6.45) is 5.55. The molecule has 1 aliphatic carbocycles. The van der Waals surface area contributed by atoms with Crippen LogP contribution in [-0.4, -0.2) is 5.78 Å². The Morgan fingerprint density at radius 2 is 2.00 bits per heavy atom. The Bertz CT molecular complexity index is 361. The highest BCUT2D eigenvalue weighted by molar-refractivity contribution is 5.80. The molecule has 2 rings (SSSR count). The van der Waals surface area contributed by atoms with Gasteiger partial charge in [0.05, 0.1) is 0 Å². The number of carbonyl (C=O) groups is 1. The summed E-state index contributed by atoms with van der Waals surface area (Å²) >= 11 is 0. The van der Waals surface area contributed by atoms with Gasteiger partial charge in [0.2, 0.25) is 0 Å². The normalized spacial score (nSPS) is 21.3. The molecule has 1 aromatic rings. The molecule has 0 N–H and O–H groups in total. The molecule has 0 aromatic heterocycles. The highest BCUT2D eigenvalue weighted by Crippen LogP contribution is 2.30. The zero-order valence-corrected chi connectivity index (χ0v) is 8.91. The van der Waals surface area contributed by atoms with Gasteiger partial charge in [0.25, 0.3) is 0 Å². The molecule has 0 amide bonds. The molecular formula is C14H16O. The van der Waals surface area contributed by atoms with Crippen LogP contribution < -0.4 is 0 Å². The Hall–Kier alpha value is -1.37. The lowest BCUT2D eigenvalue weighted by Gasteiger charge is -2.21. The van der Waals surface area contributed by atoms with E-state index in [4.69, 9.17) is 0 Å². The summed E-state index contributed by atoms with van der Waals surface area (Å²) in [5.41, 5.74) is 2.44. The lowest BCUT2D eigenvalue weighted by atomic mass is 9.83. The number of ketones is 1. The average Bonchev–Trinajstić information content (AvgIpc) is 2.29. The molecule has 0 radical (unpaired) electrons. The summed E-state index contributed by atoms with van der Waals surface area (Å²) in [4.78, 5) is 11.4. The summed E-state index contributed by atoms with van der Waals surface area (Å²) in [6, 6.07) is 8.39. The van der Waals surface area contributed by atoms with Gasteiger partial charge in [-0.15, -0.1) is 0 Å². The quantitative estimate of drug-likeness (QED) is 0.713. The van der Waals surface area contributed by atoms with Gasteiger partial charge in [-0.2, -0.15) is 0 Å². The smallest absolute Gasteiger partial charge is 0.133 e. The van der Waals surface area contributed by atoms with Crippen LogP contribution in [0.15, 0.2) is 30.8 Å². The second-order valence-corrected chi connectivity index (χ2v) is 4.20. The first-order valence-corrected chi connectivity index (χ1v) is 5.53. The Balaban J connectivity index is 2.14. The fraction of sp³-hybridized carbons (Fsp3) is 0.357. The van der Waals surface area contributed by atoms with Gasteiger partial charge < -0.3 is 0 Å². The Kier molecular flexibility index (Phi) is 3.00. The molecule has 1 unspecified atom stereocenters. The molecule has 78 valence electrons. The number of hydrogen-bond acceptors (Lipinski definition) is 1. The molecular weight excluding hydrogens is 184 g/mol. The van der Waals surface area contributed by atoms with Crippen molar-refractivity contribution >= 4 is 11.9 Å². The molecule has 0 spiro atoms. The van der Waals surface area contributed by atoms with Crippen molar-refractivity contribution in [2.75, 3.05) is 0 Å². The molecule has 1 fully saturated rings. The third-order valence-electron chi connectivity index (χ3n) is 3.13. The lowest BCUT2D eigenvalue weighted by molar-refractivity contribution is -0.120. The number of Topliss-reactive ketones (excluding diaryl/α,β-unsaturated/α-hetero) is 1. The van der Waals surface area contributed by atoms with E-state index in [0.717, 1.165) is 31.2 Å². The van der Waals surface area contributed by atoms with Crippen LogP contribution in [0.2, 0.25) is 0 Å². The van der Waals surface area contributed by atoms with Gasteiger partial charge in [0, 0.05) is 12.8 Å².